The van der Waals surface area contributed by atoms with Gasteiger partial charge in [0.1, 0.15) is 11.0 Å². The van der Waals surface area contributed by atoms with E-state index in [1.807, 2.05) is 0 Å². The molecule has 0 fully saturated rings. The predicted octanol–water partition coefficient (Wildman–Crippen LogP) is 0.850. The zero-order valence-electron chi connectivity index (χ0n) is 6.60. The highest BCUT2D eigenvalue weighted by Crippen LogP contribution is 2.14. The molecule has 0 saturated heterocycles. The summed E-state index contributed by atoms with van der Waals surface area (Å²) in [6.45, 7) is 0. The van der Waals surface area contributed by atoms with Crippen molar-refractivity contribution in [3.63, 3.8) is 0 Å². The number of aliphatic carboxylic acids is 1. The number of carboxylic acid groups (broad SMARTS) is 1. The summed E-state index contributed by atoms with van der Waals surface area (Å²) >= 11 is 0. The van der Waals surface area contributed by atoms with Gasteiger partial charge in [-0.15, -0.1) is 0 Å². The lowest BCUT2D eigenvalue weighted by molar-refractivity contribution is -0.136. The first-order valence-electron chi connectivity index (χ1n) is 3.69. The third-order valence-corrected chi connectivity index (χ3v) is 1.71. The van der Waals surface area contributed by atoms with E-state index < -0.39 is 5.97 Å². The van der Waals surface area contributed by atoms with Crippen LogP contribution in [0.3, 0.4) is 0 Å². The average Bonchev–Trinajstić information content (AvgIpc) is 2.51. The van der Waals surface area contributed by atoms with E-state index >= 15 is 0 Å². The first-order valence-corrected chi connectivity index (χ1v) is 3.69. The van der Waals surface area contributed by atoms with Gasteiger partial charge in [-0.25, -0.2) is 4.63 Å². The molecule has 1 heterocycles. The van der Waals surface area contributed by atoms with Crippen LogP contribution in [0.2, 0.25) is 0 Å². The van der Waals surface area contributed by atoms with E-state index in [2.05, 4.69) is 14.9 Å². The van der Waals surface area contributed by atoms with Gasteiger partial charge in [0.2, 0.25) is 0 Å². The van der Waals surface area contributed by atoms with Crippen molar-refractivity contribution in [2.75, 3.05) is 0 Å². The minimum Gasteiger partial charge on any atom is -0.481 e. The molecule has 0 bridgehead atoms. The normalized spacial score (nSPS) is 10.5. The van der Waals surface area contributed by atoms with E-state index in [4.69, 9.17) is 5.11 Å². The largest absolute Gasteiger partial charge is 0.481 e. The van der Waals surface area contributed by atoms with Crippen molar-refractivity contribution in [1.29, 1.82) is 0 Å². The SMILES string of the molecule is O=C(O)Cc1cccc2nonc12. The highest BCUT2D eigenvalue weighted by Gasteiger charge is 2.08. The Balaban J connectivity index is 2.54. The number of rotatable bonds is 2. The molecule has 5 heteroatoms. The molecule has 1 aromatic carbocycles. The zero-order chi connectivity index (χ0) is 9.26. The van der Waals surface area contributed by atoms with Crippen molar-refractivity contribution in [3.05, 3.63) is 23.8 Å². The number of hydrogen-bond acceptors (Lipinski definition) is 4. The van der Waals surface area contributed by atoms with E-state index in [9.17, 15) is 4.79 Å². The molecule has 0 unspecified atom stereocenters. The molecule has 0 saturated carbocycles. The molecule has 1 aromatic heterocycles. The van der Waals surface area contributed by atoms with Crippen LogP contribution in [0.5, 0.6) is 0 Å². The number of hydrogen-bond donors (Lipinski definition) is 1. The van der Waals surface area contributed by atoms with Crippen molar-refractivity contribution >= 4 is 17.0 Å². The van der Waals surface area contributed by atoms with Gasteiger partial charge in [0.25, 0.3) is 0 Å². The Kier molecular flexibility index (Phi) is 1.70. The summed E-state index contributed by atoms with van der Waals surface area (Å²) < 4.78 is 4.49. The lowest BCUT2D eigenvalue weighted by Gasteiger charge is -1.94. The van der Waals surface area contributed by atoms with E-state index in [1.54, 1.807) is 18.2 Å². The summed E-state index contributed by atoms with van der Waals surface area (Å²) in [5.41, 5.74) is 1.72. The van der Waals surface area contributed by atoms with Gasteiger partial charge >= 0.3 is 5.97 Å². The number of fused-ring (bicyclic) bond motifs is 1. The van der Waals surface area contributed by atoms with Gasteiger partial charge in [-0.1, -0.05) is 12.1 Å². The van der Waals surface area contributed by atoms with Gasteiger partial charge in [-0.2, -0.15) is 0 Å². The molecule has 2 aromatic rings. The van der Waals surface area contributed by atoms with Gasteiger partial charge in [0, 0.05) is 0 Å². The molecule has 0 aliphatic carbocycles. The molecule has 66 valence electrons. The lowest BCUT2D eigenvalue weighted by Crippen LogP contribution is -2.00. The molecule has 0 aliphatic rings. The van der Waals surface area contributed by atoms with Crippen molar-refractivity contribution in [2.24, 2.45) is 0 Å². The smallest absolute Gasteiger partial charge is 0.307 e. The molecule has 2 rings (SSSR count). The van der Waals surface area contributed by atoms with Crippen LogP contribution in [-0.4, -0.2) is 21.4 Å². The Hall–Kier alpha value is -1.91. The van der Waals surface area contributed by atoms with Crippen LogP contribution in [0.4, 0.5) is 0 Å². The first-order chi connectivity index (χ1) is 6.27. The number of aromatic nitrogens is 2. The molecule has 0 aliphatic heterocycles. The molecule has 0 spiro atoms. The van der Waals surface area contributed by atoms with Gasteiger partial charge in [0.15, 0.2) is 0 Å². The maximum Gasteiger partial charge on any atom is 0.307 e. The van der Waals surface area contributed by atoms with E-state index in [-0.39, 0.29) is 6.42 Å². The van der Waals surface area contributed by atoms with E-state index in [1.165, 1.54) is 0 Å². The Morgan fingerprint density at radius 3 is 3.08 bits per heavy atom. The minimum absolute atomic E-state index is 0.0639. The summed E-state index contributed by atoms with van der Waals surface area (Å²) in [6, 6.07) is 5.14. The van der Waals surface area contributed by atoms with Crippen LogP contribution in [0.15, 0.2) is 22.8 Å². The monoisotopic (exact) mass is 178 g/mol. The minimum atomic E-state index is -0.893. The highest BCUT2D eigenvalue weighted by molar-refractivity contribution is 5.82. The number of carbonyl (C=O) groups is 1. The lowest BCUT2D eigenvalue weighted by atomic mass is 10.1. The van der Waals surface area contributed by atoms with Gasteiger partial charge in [0.05, 0.1) is 6.42 Å². The van der Waals surface area contributed by atoms with Crippen LogP contribution in [0.25, 0.3) is 11.0 Å². The quantitative estimate of drug-likeness (QED) is 0.737. The van der Waals surface area contributed by atoms with Crippen molar-refractivity contribution in [1.82, 2.24) is 10.3 Å². The zero-order valence-corrected chi connectivity index (χ0v) is 6.60. The second kappa shape index (κ2) is 2.85. The van der Waals surface area contributed by atoms with Crippen LogP contribution in [0.1, 0.15) is 5.56 Å². The van der Waals surface area contributed by atoms with E-state index in [0.29, 0.717) is 16.6 Å². The predicted molar refractivity (Wildman–Crippen MR) is 43.1 cm³/mol. The second-order valence-electron chi connectivity index (χ2n) is 2.62. The number of nitrogens with zero attached hydrogens (tertiary/aromatic N) is 2. The van der Waals surface area contributed by atoms with Gasteiger partial charge in [-0.05, 0) is 21.9 Å². The van der Waals surface area contributed by atoms with Crippen LogP contribution in [0, 0.1) is 0 Å². The number of benzene rings is 1. The third-order valence-electron chi connectivity index (χ3n) is 1.71. The molecule has 0 atom stereocenters. The summed E-state index contributed by atoms with van der Waals surface area (Å²) in [6.07, 6.45) is -0.0639. The maximum atomic E-state index is 10.5. The summed E-state index contributed by atoms with van der Waals surface area (Å²) in [4.78, 5) is 10.5. The average molecular weight is 178 g/mol. The third kappa shape index (κ3) is 1.35. The van der Waals surface area contributed by atoms with Crippen molar-refractivity contribution < 1.29 is 14.5 Å². The van der Waals surface area contributed by atoms with Crippen LogP contribution in [-0.2, 0) is 11.2 Å². The van der Waals surface area contributed by atoms with E-state index in [0.717, 1.165) is 0 Å². The first kappa shape index (κ1) is 7.72. The molecule has 1 N–H and O–H groups in total. The van der Waals surface area contributed by atoms with Crippen LogP contribution >= 0.6 is 0 Å². The van der Waals surface area contributed by atoms with Crippen molar-refractivity contribution in [2.45, 2.75) is 6.42 Å². The topological polar surface area (TPSA) is 76.2 Å². The molecular weight excluding hydrogens is 172 g/mol. The second-order valence-corrected chi connectivity index (χ2v) is 2.62. The highest BCUT2D eigenvalue weighted by atomic mass is 16.6. The molecule has 0 amide bonds. The summed E-state index contributed by atoms with van der Waals surface area (Å²) in [7, 11) is 0. The Morgan fingerprint density at radius 1 is 1.46 bits per heavy atom. The summed E-state index contributed by atoms with van der Waals surface area (Å²) in [5, 5.41) is 15.8. The molecular formula is C8H6N2O3. The fourth-order valence-corrected chi connectivity index (χ4v) is 1.17. The standard InChI is InChI=1S/C8H6N2O3/c11-7(12)4-5-2-1-3-6-8(5)10-13-9-6/h1-3H,4H2,(H,11,12). The fourth-order valence-electron chi connectivity index (χ4n) is 1.17. The fraction of sp³-hybridized carbons (Fsp3) is 0.125. The van der Waals surface area contributed by atoms with Gasteiger partial charge in [-0.3, -0.25) is 4.79 Å². The molecule has 13 heavy (non-hydrogen) atoms. The Morgan fingerprint density at radius 2 is 2.31 bits per heavy atom. The Bertz CT molecular complexity index is 449. The number of carboxylic acids is 1. The summed E-state index contributed by atoms with van der Waals surface area (Å²) in [5.74, 6) is -0.893. The van der Waals surface area contributed by atoms with Crippen LogP contribution < -0.4 is 0 Å². The maximum absolute atomic E-state index is 10.5. The molecule has 0 radical (unpaired) electrons. The molecule has 5 nitrogen and oxygen atoms in total. The van der Waals surface area contributed by atoms with Crippen molar-refractivity contribution in [3.8, 4) is 0 Å². The van der Waals surface area contributed by atoms with Gasteiger partial charge < -0.3 is 5.11 Å². The Labute approximate surface area is 72.9 Å².